The topological polar surface area (TPSA) is 58.7 Å². The number of thiophene rings is 1. The Morgan fingerprint density at radius 3 is 3.00 bits per heavy atom. The van der Waals surface area contributed by atoms with Gasteiger partial charge in [-0.3, -0.25) is 0 Å². The summed E-state index contributed by atoms with van der Waals surface area (Å²) in [5.41, 5.74) is 5.79. The Kier molecular flexibility index (Phi) is 2.78. The zero-order chi connectivity index (χ0) is 11.7. The van der Waals surface area contributed by atoms with Gasteiger partial charge in [0, 0.05) is 16.3 Å². The number of hydrogen-bond donors (Lipinski definition) is 1. The van der Waals surface area contributed by atoms with Gasteiger partial charge in [-0.05, 0) is 19.1 Å². The second kappa shape index (κ2) is 4.09. The zero-order valence-corrected chi connectivity index (χ0v) is 9.83. The quantitative estimate of drug-likeness (QED) is 0.815. The second-order valence-electron chi connectivity index (χ2n) is 3.61. The molecule has 1 atom stereocenters. The van der Waals surface area contributed by atoms with Crippen molar-refractivity contribution in [3.63, 3.8) is 0 Å². The summed E-state index contributed by atoms with van der Waals surface area (Å²) in [6, 6.07) is 3.50. The van der Waals surface area contributed by atoms with Crippen LogP contribution in [0.4, 0.5) is 4.79 Å². The molecule has 2 amide bonds. The Bertz CT molecular complexity index is 464. The molecule has 84 valence electrons. The van der Waals surface area contributed by atoms with E-state index in [1.54, 1.807) is 22.3 Å². The minimum atomic E-state index is -0.284. The minimum absolute atomic E-state index is 0.218. The lowest BCUT2D eigenvalue weighted by Gasteiger charge is -2.21. The molecule has 0 bridgehead atoms. The van der Waals surface area contributed by atoms with Crippen LogP contribution in [0.2, 0.25) is 0 Å². The number of urea groups is 1. The van der Waals surface area contributed by atoms with E-state index in [2.05, 4.69) is 11.6 Å². The number of carbonyl (C=O) groups is 1. The van der Waals surface area contributed by atoms with Gasteiger partial charge in [0.1, 0.15) is 11.9 Å². The molecule has 0 aliphatic carbocycles. The SMILES string of the molecule is C=CCN1C(=O)N=C(N)C1c1ccc(C)s1. The summed E-state index contributed by atoms with van der Waals surface area (Å²) < 4.78 is 0. The maximum absolute atomic E-state index is 11.6. The molecule has 0 spiro atoms. The van der Waals surface area contributed by atoms with Gasteiger partial charge < -0.3 is 10.6 Å². The summed E-state index contributed by atoms with van der Waals surface area (Å²) in [6.45, 7) is 6.12. The van der Waals surface area contributed by atoms with Crippen LogP contribution in [0.1, 0.15) is 15.8 Å². The third-order valence-electron chi connectivity index (χ3n) is 2.42. The van der Waals surface area contributed by atoms with E-state index in [-0.39, 0.29) is 12.1 Å². The van der Waals surface area contributed by atoms with E-state index in [1.807, 2.05) is 19.1 Å². The second-order valence-corrected chi connectivity index (χ2v) is 4.93. The molecule has 0 saturated heterocycles. The van der Waals surface area contributed by atoms with E-state index in [0.29, 0.717) is 12.4 Å². The molecule has 0 aromatic carbocycles. The lowest BCUT2D eigenvalue weighted by molar-refractivity contribution is 0.213. The molecule has 2 heterocycles. The maximum atomic E-state index is 11.6. The summed E-state index contributed by atoms with van der Waals surface area (Å²) in [5.74, 6) is 0.369. The number of aryl methyl sites for hydroxylation is 1. The first-order chi connectivity index (χ1) is 7.63. The molecule has 1 aromatic heterocycles. The summed E-state index contributed by atoms with van der Waals surface area (Å²) in [4.78, 5) is 19.2. The van der Waals surface area contributed by atoms with Crippen molar-refractivity contribution in [3.05, 3.63) is 34.5 Å². The van der Waals surface area contributed by atoms with Gasteiger partial charge >= 0.3 is 6.03 Å². The van der Waals surface area contributed by atoms with Gasteiger partial charge in [-0.15, -0.1) is 17.9 Å². The van der Waals surface area contributed by atoms with E-state index in [4.69, 9.17) is 5.73 Å². The lowest BCUT2D eigenvalue weighted by atomic mass is 10.2. The molecule has 0 fully saturated rings. The molecule has 1 aromatic rings. The third-order valence-corrected chi connectivity index (χ3v) is 3.47. The minimum Gasteiger partial charge on any atom is -0.385 e. The van der Waals surface area contributed by atoms with E-state index in [1.165, 1.54) is 4.88 Å². The Morgan fingerprint density at radius 1 is 1.69 bits per heavy atom. The maximum Gasteiger partial charge on any atom is 0.346 e. The molecule has 0 saturated carbocycles. The number of hydrogen-bond acceptors (Lipinski definition) is 3. The first kappa shape index (κ1) is 10.9. The Hall–Kier alpha value is -1.62. The molecule has 5 heteroatoms. The van der Waals surface area contributed by atoms with Crippen LogP contribution < -0.4 is 5.73 Å². The van der Waals surface area contributed by atoms with Crippen molar-refractivity contribution in [2.24, 2.45) is 10.7 Å². The van der Waals surface area contributed by atoms with Crippen molar-refractivity contribution in [3.8, 4) is 0 Å². The molecule has 4 nitrogen and oxygen atoms in total. The van der Waals surface area contributed by atoms with Gasteiger partial charge in [-0.1, -0.05) is 6.08 Å². The monoisotopic (exact) mass is 235 g/mol. The van der Waals surface area contributed by atoms with Gasteiger partial charge in [0.2, 0.25) is 0 Å². The number of nitrogens with zero attached hydrogens (tertiary/aromatic N) is 2. The van der Waals surface area contributed by atoms with Crippen LogP contribution in [0, 0.1) is 6.92 Å². The van der Waals surface area contributed by atoms with Crippen molar-refractivity contribution in [2.45, 2.75) is 13.0 Å². The smallest absolute Gasteiger partial charge is 0.346 e. The van der Waals surface area contributed by atoms with Gasteiger partial charge in [-0.25, -0.2) is 4.79 Å². The number of rotatable bonds is 3. The molecule has 2 N–H and O–H groups in total. The van der Waals surface area contributed by atoms with Gasteiger partial charge in [0.25, 0.3) is 0 Å². The fraction of sp³-hybridized carbons (Fsp3) is 0.273. The van der Waals surface area contributed by atoms with E-state index in [9.17, 15) is 4.79 Å². The Morgan fingerprint density at radius 2 is 2.44 bits per heavy atom. The lowest BCUT2D eigenvalue weighted by Crippen LogP contribution is -2.32. The average Bonchev–Trinajstić information content (AvgIpc) is 2.73. The highest BCUT2D eigenvalue weighted by molar-refractivity contribution is 7.12. The molecular formula is C11H13N3OS. The fourth-order valence-corrected chi connectivity index (χ4v) is 2.73. The van der Waals surface area contributed by atoms with Crippen LogP contribution in [0.25, 0.3) is 0 Å². The van der Waals surface area contributed by atoms with Crippen LogP contribution >= 0.6 is 11.3 Å². The predicted molar refractivity (Wildman–Crippen MR) is 65.7 cm³/mol. The third kappa shape index (κ3) is 1.74. The average molecular weight is 235 g/mol. The summed E-state index contributed by atoms with van der Waals surface area (Å²) in [5, 5.41) is 0. The van der Waals surface area contributed by atoms with Crippen LogP contribution in [0.5, 0.6) is 0 Å². The van der Waals surface area contributed by atoms with Gasteiger partial charge in [0.15, 0.2) is 0 Å². The van der Waals surface area contributed by atoms with Crippen LogP contribution in [0.15, 0.2) is 29.8 Å². The van der Waals surface area contributed by atoms with Crippen molar-refractivity contribution in [2.75, 3.05) is 6.54 Å². The van der Waals surface area contributed by atoms with Crippen LogP contribution in [0.3, 0.4) is 0 Å². The first-order valence-corrected chi connectivity index (χ1v) is 5.77. The highest BCUT2D eigenvalue weighted by atomic mass is 32.1. The number of aliphatic imine (C=N–C) groups is 1. The molecule has 1 aliphatic heterocycles. The highest BCUT2D eigenvalue weighted by Crippen LogP contribution is 2.31. The number of nitrogens with two attached hydrogens (primary N) is 1. The van der Waals surface area contributed by atoms with E-state index >= 15 is 0 Å². The van der Waals surface area contributed by atoms with Crippen LogP contribution in [-0.4, -0.2) is 23.3 Å². The zero-order valence-electron chi connectivity index (χ0n) is 9.01. The van der Waals surface area contributed by atoms with Crippen molar-refractivity contribution in [1.82, 2.24) is 4.90 Å². The van der Waals surface area contributed by atoms with Crippen molar-refractivity contribution < 1.29 is 4.79 Å². The first-order valence-electron chi connectivity index (χ1n) is 4.95. The number of amidine groups is 1. The summed E-state index contributed by atoms with van der Waals surface area (Å²) in [7, 11) is 0. The standard InChI is InChI=1S/C11H13N3OS/c1-3-6-14-9(10(12)13-11(14)15)8-5-4-7(2)16-8/h3-5,9H,1,6H2,2H3,(H2,12,13,15). The largest absolute Gasteiger partial charge is 0.385 e. The van der Waals surface area contributed by atoms with E-state index < -0.39 is 0 Å². The normalized spacial score (nSPS) is 20.1. The summed E-state index contributed by atoms with van der Waals surface area (Å²) >= 11 is 1.63. The number of carbonyl (C=O) groups excluding carboxylic acids is 1. The molecule has 16 heavy (non-hydrogen) atoms. The molecule has 1 aliphatic rings. The molecule has 2 rings (SSSR count). The highest BCUT2D eigenvalue weighted by Gasteiger charge is 2.34. The Labute approximate surface area is 98.1 Å². The van der Waals surface area contributed by atoms with Gasteiger partial charge in [0.05, 0.1) is 0 Å². The Balaban J connectivity index is 2.34. The molecule has 1 unspecified atom stereocenters. The van der Waals surface area contributed by atoms with Crippen molar-refractivity contribution >= 4 is 23.2 Å². The van der Waals surface area contributed by atoms with Crippen LogP contribution in [-0.2, 0) is 0 Å². The fourth-order valence-electron chi connectivity index (χ4n) is 1.73. The molecular weight excluding hydrogens is 222 g/mol. The molecule has 0 radical (unpaired) electrons. The summed E-state index contributed by atoms with van der Waals surface area (Å²) in [6.07, 6.45) is 1.68. The van der Waals surface area contributed by atoms with Crippen molar-refractivity contribution in [1.29, 1.82) is 0 Å². The number of amides is 2. The predicted octanol–water partition coefficient (Wildman–Crippen LogP) is 2.08. The van der Waals surface area contributed by atoms with E-state index in [0.717, 1.165) is 4.88 Å². The van der Waals surface area contributed by atoms with Gasteiger partial charge in [-0.2, -0.15) is 4.99 Å².